The SMILES string of the molecule is COc1ccc(C(C)=O)c(C)c1C(F)(F)F. The lowest BCUT2D eigenvalue weighted by molar-refractivity contribution is -0.139. The van der Waals surface area contributed by atoms with Crippen LogP contribution in [-0.4, -0.2) is 12.9 Å². The maximum absolute atomic E-state index is 12.7. The molecule has 5 heteroatoms. The van der Waals surface area contributed by atoms with Crippen molar-refractivity contribution < 1.29 is 22.7 Å². The third-order valence-electron chi connectivity index (χ3n) is 2.31. The maximum atomic E-state index is 12.7. The number of halogens is 3. The second-order valence-corrected chi connectivity index (χ2v) is 3.37. The lowest BCUT2D eigenvalue weighted by atomic mass is 9.98. The molecule has 0 saturated heterocycles. The van der Waals surface area contributed by atoms with Crippen LogP contribution in [0.4, 0.5) is 13.2 Å². The molecular formula is C11H11F3O2. The van der Waals surface area contributed by atoms with Crippen LogP contribution in [0.25, 0.3) is 0 Å². The Labute approximate surface area is 91.0 Å². The minimum absolute atomic E-state index is 0.0631. The first-order valence-corrected chi connectivity index (χ1v) is 4.54. The fraction of sp³-hybridized carbons (Fsp3) is 0.364. The Morgan fingerprint density at radius 2 is 1.88 bits per heavy atom. The van der Waals surface area contributed by atoms with E-state index in [9.17, 15) is 18.0 Å². The summed E-state index contributed by atoms with van der Waals surface area (Å²) in [6.07, 6.45) is -4.53. The van der Waals surface area contributed by atoms with Gasteiger partial charge in [0, 0.05) is 5.56 Å². The molecule has 88 valence electrons. The van der Waals surface area contributed by atoms with E-state index in [1.165, 1.54) is 19.9 Å². The lowest BCUT2D eigenvalue weighted by Gasteiger charge is -2.16. The molecule has 0 aliphatic heterocycles. The van der Waals surface area contributed by atoms with Gasteiger partial charge in [-0.05, 0) is 31.5 Å². The zero-order valence-corrected chi connectivity index (χ0v) is 9.11. The van der Waals surface area contributed by atoms with Crippen molar-refractivity contribution in [3.63, 3.8) is 0 Å². The van der Waals surface area contributed by atoms with Crippen molar-refractivity contribution in [2.24, 2.45) is 0 Å². The van der Waals surface area contributed by atoms with E-state index in [4.69, 9.17) is 0 Å². The highest BCUT2D eigenvalue weighted by atomic mass is 19.4. The van der Waals surface area contributed by atoms with Crippen molar-refractivity contribution in [2.75, 3.05) is 7.11 Å². The second-order valence-electron chi connectivity index (χ2n) is 3.37. The summed E-state index contributed by atoms with van der Waals surface area (Å²) in [5.74, 6) is -0.666. The Kier molecular flexibility index (Phi) is 3.26. The van der Waals surface area contributed by atoms with Crippen LogP contribution in [0.3, 0.4) is 0 Å². The first-order chi connectivity index (χ1) is 7.29. The third-order valence-corrected chi connectivity index (χ3v) is 2.31. The van der Waals surface area contributed by atoms with Crippen molar-refractivity contribution in [1.82, 2.24) is 0 Å². The van der Waals surface area contributed by atoms with Crippen molar-refractivity contribution in [2.45, 2.75) is 20.0 Å². The predicted octanol–water partition coefficient (Wildman–Crippen LogP) is 3.23. The minimum atomic E-state index is -4.53. The highest BCUT2D eigenvalue weighted by molar-refractivity contribution is 5.96. The number of ketones is 1. The number of hydrogen-bond acceptors (Lipinski definition) is 2. The number of benzene rings is 1. The van der Waals surface area contributed by atoms with Gasteiger partial charge in [0.15, 0.2) is 5.78 Å². The first kappa shape index (κ1) is 12.5. The molecule has 1 rings (SSSR count). The summed E-state index contributed by atoms with van der Waals surface area (Å²) < 4.78 is 42.9. The molecule has 0 aromatic heterocycles. The zero-order valence-electron chi connectivity index (χ0n) is 9.11. The lowest BCUT2D eigenvalue weighted by Crippen LogP contribution is -2.12. The summed E-state index contributed by atoms with van der Waals surface area (Å²) in [4.78, 5) is 11.1. The monoisotopic (exact) mass is 232 g/mol. The van der Waals surface area contributed by atoms with Crippen LogP contribution in [0.15, 0.2) is 12.1 Å². The molecule has 1 aromatic carbocycles. The summed E-state index contributed by atoms with van der Waals surface area (Å²) in [5, 5.41) is 0. The van der Waals surface area contributed by atoms with Crippen LogP contribution in [0, 0.1) is 6.92 Å². The van der Waals surface area contributed by atoms with E-state index in [2.05, 4.69) is 4.74 Å². The number of Topliss-reactive ketones (excluding diaryl/α,β-unsaturated/α-hetero) is 1. The van der Waals surface area contributed by atoms with Gasteiger partial charge in [0.2, 0.25) is 0 Å². The van der Waals surface area contributed by atoms with Gasteiger partial charge in [-0.15, -0.1) is 0 Å². The summed E-state index contributed by atoms with van der Waals surface area (Å²) >= 11 is 0. The first-order valence-electron chi connectivity index (χ1n) is 4.54. The number of rotatable bonds is 2. The van der Waals surface area contributed by atoms with Crippen LogP contribution in [0.5, 0.6) is 5.75 Å². The summed E-state index contributed by atoms with van der Waals surface area (Å²) in [6, 6.07) is 2.50. The standard InChI is InChI=1S/C11H11F3O2/c1-6-8(7(2)15)4-5-9(16-3)10(6)11(12,13)14/h4-5H,1-3H3. The van der Waals surface area contributed by atoms with Gasteiger partial charge in [-0.3, -0.25) is 4.79 Å². The molecule has 0 fully saturated rings. The Hall–Kier alpha value is -1.52. The van der Waals surface area contributed by atoms with E-state index < -0.39 is 17.5 Å². The average Bonchev–Trinajstić information content (AvgIpc) is 2.14. The fourth-order valence-electron chi connectivity index (χ4n) is 1.59. The van der Waals surface area contributed by atoms with Crippen LogP contribution in [-0.2, 0) is 6.18 Å². The molecule has 1 aromatic rings. The van der Waals surface area contributed by atoms with E-state index in [-0.39, 0.29) is 16.9 Å². The van der Waals surface area contributed by atoms with E-state index >= 15 is 0 Å². The van der Waals surface area contributed by atoms with Crippen molar-refractivity contribution in [1.29, 1.82) is 0 Å². The zero-order chi connectivity index (χ0) is 12.5. The maximum Gasteiger partial charge on any atom is 0.420 e. The molecule has 0 aliphatic rings. The largest absolute Gasteiger partial charge is 0.496 e. The Morgan fingerprint density at radius 3 is 2.25 bits per heavy atom. The predicted molar refractivity (Wildman–Crippen MR) is 52.7 cm³/mol. The van der Waals surface area contributed by atoms with E-state index in [0.29, 0.717) is 0 Å². The van der Waals surface area contributed by atoms with Gasteiger partial charge < -0.3 is 4.74 Å². The Bertz CT molecular complexity index is 422. The molecule has 0 amide bonds. The second kappa shape index (κ2) is 4.15. The number of methoxy groups -OCH3 is 1. The number of hydrogen-bond donors (Lipinski definition) is 0. The average molecular weight is 232 g/mol. The molecular weight excluding hydrogens is 221 g/mol. The van der Waals surface area contributed by atoms with E-state index in [0.717, 1.165) is 13.2 Å². The molecule has 0 N–H and O–H groups in total. The van der Waals surface area contributed by atoms with Gasteiger partial charge >= 0.3 is 6.18 Å². The van der Waals surface area contributed by atoms with Crippen LogP contribution in [0.1, 0.15) is 28.4 Å². The summed E-state index contributed by atoms with van der Waals surface area (Å²) in [7, 11) is 1.16. The number of alkyl halides is 3. The van der Waals surface area contributed by atoms with Gasteiger partial charge in [0.05, 0.1) is 7.11 Å². The quantitative estimate of drug-likeness (QED) is 0.732. The molecule has 0 spiro atoms. The topological polar surface area (TPSA) is 26.3 Å². The highest BCUT2D eigenvalue weighted by Crippen LogP contribution is 2.39. The highest BCUT2D eigenvalue weighted by Gasteiger charge is 2.37. The van der Waals surface area contributed by atoms with Crippen molar-refractivity contribution >= 4 is 5.78 Å². The van der Waals surface area contributed by atoms with Crippen molar-refractivity contribution in [3.8, 4) is 5.75 Å². The van der Waals surface area contributed by atoms with Gasteiger partial charge in [-0.1, -0.05) is 0 Å². The van der Waals surface area contributed by atoms with Crippen LogP contribution in [0.2, 0.25) is 0 Å². The molecule has 0 unspecified atom stereocenters. The van der Waals surface area contributed by atoms with Crippen LogP contribution >= 0.6 is 0 Å². The van der Waals surface area contributed by atoms with E-state index in [1.807, 2.05) is 0 Å². The van der Waals surface area contributed by atoms with Gasteiger partial charge in [0.1, 0.15) is 11.3 Å². The third kappa shape index (κ3) is 2.18. The van der Waals surface area contributed by atoms with E-state index in [1.54, 1.807) is 0 Å². The summed E-state index contributed by atoms with van der Waals surface area (Å²) in [5.41, 5.74) is -0.921. The van der Waals surface area contributed by atoms with Gasteiger partial charge in [-0.25, -0.2) is 0 Å². The Morgan fingerprint density at radius 1 is 1.31 bits per heavy atom. The minimum Gasteiger partial charge on any atom is -0.496 e. The molecule has 0 aliphatic carbocycles. The molecule has 0 heterocycles. The molecule has 16 heavy (non-hydrogen) atoms. The molecule has 0 atom stereocenters. The summed E-state index contributed by atoms with van der Waals surface area (Å²) in [6.45, 7) is 2.50. The number of ether oxygens (including phenoxy) is 1. The fourth-order valence-corrected chi connectivity index (χ4v) is 1.59. The van der Waals surface area contributed by atoms with Crippen LogP contribution < -0.4 is 4.74 Å². The number of carbonyl (C=O) groups is 1. The van der Waals surface area contributed by atoms with Crippen molar-refractivity contribution in [3.05, 3.63) is 28.8 Å². The molecule has 0 saturated carbocycles. The smallest absolute Gasteiger partial charge is 0.420 e. The number of carbonyl (C=O) groups excluding carboxylic acids is 1. The molecule has 0 bridgehead atoms. The van der Waals surface area contributed by atoms with Gasteiger partial charge in [-0.2, -0.15) is 13.2 Å². The Balaban J connectivity index is 3.53. The molecule has 2 nitrogen and oxygen atoms in total. The molecule has 0 radical (unpaired) electrons. The normalized spacial score (nSPS) is 11.4. The van der Waals surface area contributed by atoms with Gasteiger partial charge in [0.25, 0.3) is 0 Å².